The predicted octanol–water partition coefficient (Wildman–Crippen LogP) is 2.56. The molecule has 130 valence electrons. The number of carbonyl (C=O) groups excluding carboxylic acids is 2. The molecule has 2 atom stereocenters. The maximum absolute atomic E-state index is 11.1. The van der Waals surface area contributed by atoms with Crippen LogP contribution in [0.5, 0.6) is 0 Å². The first-order chi connectivity index (χ1) is 11.6. The van der Waals surface area contributed by atoms with Crippen molar-refractivity contribution in [2.45, 2.75) is 12.1 Å². The van der Waals surface area contributed by atoms with Crippen molar-refractivity contribution in [1.82, 2.24) is 0 Å². The summed E-state index contributed by atoms with van der Waals surface area (Å²) in [5, 5.41) is 0. The third-order valence-electron chi connectivity index (χ3n) is 4.13. The Kier molecular flexibility index (Phi) is 6.21. The van der Waals surface area contributed by atoms with Crippen molar-refractivity contribution in [2.75, 3.05) is 0 Å². The number of fused-ring (bicyclic) bond motifs is 2. The van der Waals surface area contributed by atoms with E-state index in [1.807, 2.05) is 48.5 Å². The Balaban J connectivity index is 0.000000173. The van der Waals surface area contributed by atoms with Gasteiger partial charge in [-0.05, 0) is 34.4 Å². The van der Waals surface area contributed by atoms with E-state index in [9.17, 15) is 9.59 Å². The van der Waals surface area contributed by atoms with Crippen LogP contribution in [0.3, 0.4) is 0 Å². The second kappa shape index (κ2) is 8.17. The van der Waals surface area contributed by atoms with Gasteiger partial charge < -0.3 is 11.5 Å². The maximum atomic E-state index is 11.1. The third-order valence-corrected chi connectivity index (χ3v) is 4.13. The molecule has 2 aromatic carbocycles. The summed E-state index contributed by atoms with van der Waals surface area (Å²) in [6.07, 6.45) is 6.68. The molecule has 25 heavy (non-hydrogen) atoms. The van der Waals surface area contributed by atoms with Gasteiger partial charge >= 0.3 is 0 Å². The monoisotopic (exact) mass is 376 g/mol. The van der Waals surface area contributed by atoms with Gasteiger partial charge in [0.15, 0.2) is 11.6 Å². The van der Waals surface area contributed by atoms with Crippen LogP contribution < -0.4 is 11.5 Å². The van der Waals surface area contributed by atoms with Crippen molar-refractivity contribution < 1.29 is 26.1 Å². The van der Waals surface area contributed by atoms with Crippen LogP contribution in [-0.4, -0.2) is 11.6 Å². The van der Waals surface area contributed by atoms with Crippen molar-refractivity contribution in [3.63, 3.8) is 0 Å². The summed E-state index contributed by atoms with van der Waals surface area (Å²) in [4.78, 5) is 22.3. The Morgan fingerprint density at radius 2 is 0.960 bits per heavy atom. The molecule has 0 aromatic heterocycles. The van der Waals surface area contributed by atoms with Gasteiger partial charge in [0.05, 0.1) is 12.1 Å². The summed E-state index contributed by atoms with van der Waals surface area (Å²) in [5.74, 6) is -0.0394. The van der Waals surface area contributed by atoms with Gasteiger partial charge in [0.2, 0.25) is 0 Å². The maximum Gasteiger partial charge on any atom is 0.176 e. The van der Waals surface area contributed by atoms with Crippen LogP contribution in [0.1, 0.15) is 34.3 Å². The van der Waals surface area contributed by atoms with Gasteiger partial charge in [-0.2, -0.15) is 0 Å². The molecule has 0 saturated heterocycles. The zero-order valence-electron chi connectivity index (χ0n) is 13.4. The zero-order chi connectivity index (χ0) is 17.1. The number of rotatable bonds is 0. The minimum absolute atomic E-state index is 0. The van der Waals surface area contributed by atoms with Gasteiger partial charge in [-0.25, -0.2) is 0 Å². The second-order valence-corrected chi connectivity index (χ2v) is 5.68. The molecule has 2 unspecified atom stereocenters. The molecule has 2 aliphatic rings. The van der Waals surface area contributed by atoms with E-state index in [1.54, 1.807) is 12.2 Å². The van der Waals surface area contributed by atoms with Gasteiger partial charge in [0, 0.05) is 16.5 Å². The molecule has 0 aliphatic heterocycles. The van der Waals surface area contributed by atoms with E-state index in [2.05, 4.69) is 0 Å². The molecule has 0 fully saturated rings. The molecular weight excluding hydrogens is 359 g/mol. The molecule has 0 bridgehead atoms. The fraction of sp³-hybridized carbons (Fsp3) is 0.100. The number of hydrogen-bond donors (Lipinski definition) is 2. The van der Waals surface area contributed by atoms with E-state index in [1.165, 1.54) is 12.2 Å². The summed E-state index contributed by atoms with van der Waals surface area (Å²) in [7, 11) is 0. The SMILES string of the molecule is NC1C(=O)C=Cc2ccccc21.NC1C(=O)C=Cc2ccccc21.[Ni]. The van der Waals surface area contributed by atoms with Crippen molar-refractivity contribution >= 4 is 23.7 Å². The first-order valence-corrected chi connectivity index (χ1v) is 7.71. The smallest absolute Gasteiger partial charge is 0.176 e. The van der Waals surface area contributed by atoms with E-state index in [4.69, 9.17) is 11.5 Å². The standard InChI is InChI=1S/2C10H9NO.Ni/c2*11-10-8-4-2-1-3-7(8)5-6-9(10)12;/h2*1-6,10H,11H2;. The summed E-state index contributed by atoms with van der Waals surface area (Å²) in [5.41, 5.74) is 15.3. The van der Waals surface area contributed by atoms with E-state index in [0.29, 0.717) is 0 Å². The molecule has 0 radical (unpaired) electrons. The van der Waals surface area contributed by atoms with Crippen molar-refractivity contribution in [3.05, 3.63) is 82.9 Å². The first kappa shape index (κ1) is 19.0. The molecule has 0 spiro atoms. The van der Waals surface area contributed by atoms with Crippen LogP contribution in [0.25, 0.3) is 12.2 Å². The van der Waals surface area contributed by atoms with Gasteiger partial charge in [-0.1, -0.05) is 60.7 Å². The Hall–Kier alpha value is -2.33. The van der Waals surface area contributed by atoms with E-state index >= 15 is 0 Å². The van der Waals surface area contributed by atoms with Gasteiger partial charge in [-0.3, -0.25) is 9.59 Å². The molecular formula is C20H18N2NiO2. The minimum Gasteiger partial charge on any atom is -0.318 e. The number of benzene rings is 2. The number of nitrogens with two attached hydrogens (primary N) is 2. The molecule has 4 N–H and O–H groups in total. The van der Waals surface area contributed by atoms with Gasteiger partial charge in [-0.15, -0.1) is 0 Å². The van der Waals surface area contributed by atoms with Gasteiger partial charge in [0.1, 0.15) is 0 Å². The Morgan fingerprint density at radius 3 is 1.36 bits per heavy atom. The summed E-state index contributed by atoms with van der Waals surface area (Å²) in [6, 6.07) is 14.4. The average Bonchev–Trinajstić information content (AvgIpc) is 2.62. The Bertz CT molecular complexity index is 787. The minimum atomic E-state index is -0.466. The molecule has 4 rings (SSSR count). The van der Waals surface area contributed by atoms with Crippen molar-refractivity contribution in [1.29, 1.82) is 0 Å². The topological polar surface area (TPSA) is 86.2 Å². The fourth-order valence-electron chi connectivity index (χ4n) is 2.75. The molecule has 4 nitrogen and oxygen atoms in total. The summed E-state index contributed by atoms with van der Waals surface area (Å²) < 4.78 is 0. The molecule has 2 aliphatic carbocycles. The number of hydrogen-bond acceptors (Lipinski definition) is 4. The average molecular weight is 377 g/mol. The second-order valence-electron chi connectivity index (χ2n) is 5.68. The Morgan fingerprint density at radius 1 is 0.600 bits per heavy atom. The van der Waals surface area contributed by atoms with E-state index in [0.717, 1.165) is 22.3 Å². The summed E-state index contributed by atoms with van der Waals surface area (Å²) >= 11 is 0. The van der Waals surface area contributed by atoms with Crippen LogP contribution in [0, 0.1) is 0 Å². The predicted molar refractivity (Wildman–Crippen MR) is 94.8 cm³/mol. The molecule has 0 saturated carbocycles. The number of ketones is 2. The largest absolute Gasteiger partial charge is 0.318 e. The zero-order valence-corrected chi connectivity index (χ0v) is 14.4. The fourth-order valence-corrected chi connectivity index (χ4v) is 2.75. The summed E-state index contributed by atoms with van der Waals surface area (Å²) in [6.45, 7) is 0. The molecule has 5 heteroatoms. The first-order valence-electron chi connectivity index (χ1n) is 7.71. The molecule has 0 heterocycles. The number of carbonyl (C=O) groups is 2. The van der Waals surface area contributed by atoms with Crippen molar-refractivity contribution in [2.24, 2.45) is 11.5 Å². The van der Waals surface area contributed by atoms with Crippen LogP contribution in [0.15, 0.2) is 60.7 Å². The van der Waals surface area contributed by atoms with Crippen LogP contribution in [0.2, 0.25) is 0 Å². The van der Waals surface area contributed by atoms with Crippen molar-refractivity contribution in [3.8, 4) is 0 Å². The third kappa shape index (κ3) is 4.02. The Labute approximate surface area is 156 Å². The van der Waals surface area contributed by atoms with Crippen LogP contribution in [-0.2, 0) is 26.1 Å². The van der Waals surface area contributed by atoms with E-state index < -0.39 is 12.1 Å². The van der Waals surface area contributed by atoms with E-state index in [-0.39, 0.29) is 28.1 Å². The molecule has 0 amide bonds. The van der Waals surface area contributed by atoms with Crippen LogP contribution in [0.4, 0.5) is 0 Å². The normalized spacial score (nSPS) is 19.9. The quantitative estimate of drug-likeness (QED) is 0.692. The molecule has 2 aromatic rings. The van der Waals surface area contributed by atoms with Crippen LogP contribution >= 0.6 is 0 Å². The van der Waals surface area contributed by atoms with Gasteiger partial charge in [0.25, 0.3) is 0 Å².